The predicted molar refractivity (Wildman–Crippen MR) is 62.7 cm³/mol. The van der Waals surface area contributed by atoms with Crippen molar-refractivity contribution in [2.45, 2.75) is 39.8 Å². The van der Waals surface area contributed by atoms with E-state index in [1.165, 1.54) is 0 Å². The van der Waals surface area contributed by atoms with Crippen molar-refractivity contribution in [3.8, 4) is 0 Å². The van der Waals surface area contributed by atoms with Gasteiger partial charge in [-0.1, -0.05) is 19.4 Å². The number of allylic oxidation sites excluding steroid dienone is 2. The zero-order chi connectivity index (χ0) is 11.8. The van der Waals surface area contributed by atoms with Gasteiger partial charge in [-0.3, -0.25) is 9.69 Å². The molecule has 1 unspecified atom stereocenters. The molecule has 0 aliphatic rings. The van der Waals surface area contributed by atoms with Crippen molar-refractivity contribution in [1.29, 1.82) is 0 Å². The zero-order valence-electron chi connectivity index (χ0n) is 9.92. The summed E-state index contributed by atoms with van der Waals surface area (Å²) in [6, 6.07) is 0. The molecule has 0 saturated carbocycles. The Bertz CT molecular complexity index is 229. The van der Waals surface area contributed by atoms with Gasteiger partial charge < -0.3 is 4.74 Å². The third-order valence-corrected chi connectivity index (χ3v) is 2.47. The Morgan fingerprint density at radius 3 is 2.53 bits per heavy atom. The normalized spacial score (nSPS) is 13.8. The number of hydrogen-bond donors (Lipinski definition) is 0. The van der Waals surface area contributed by atoms with E-state index in [9.17, 15) is 4.79 Å². The van der Waals surface area contributed by atoms with Crippen LogP contribution >= 0.6 is 11.6 Å². The van der Waals surface area contributed by atoms with E-state index in [0.29, 0.717) is 0 Å². The van der Waals surface area contributed by atoms with E-state index in [-0.39, 0.29) is 18.0 Å². The van der Waals surface area contributed by atoms with E-state index in [1.54, 1.807) is 12.0 Å². The number of carbonyl (C=O) groups excluding carboxylic acids is 1. The number of nitrogens with zero attached hydrogens (tertiary/aromatic N) is 1. The van der Waals surface area contributed by atoms with E-state index in [2.05, 4.69) is 6.92 Å². The molecule has 0 rings (SSSR count). The van der Waals surface area contributed by atoms with E-state index < -0.39 is 0 Å². The SMILES string of the molecule is CC=C(CCC)N(C(=O)CCl)C(C)OC. The Balaban J connectivity index is 4.82. The third-order valence-electron chi connectivity index (χ3n) is 2.24. The lowest BCUT2D eigenvalue weighted by molar-refractivity contribution is -0.136. The zero-order valence-corrected chi connectivity index (χ0v) is 10.7. The van der Waals surface area contributed by atoms with E-state index in [1.807, 2.05) is 19.9 Å². The minimum absolute atomic E-state index is 0.0191. The van der Waals surface area contributed by atoms with Gasteiger partial charge in [0.15, 0.2) is 0 Å². The molecule has 0 aromatic heterocycles. The molecular weight excluding hydrogens is 214 g/mol. The summed E-state index contributed by atoms with van der Waals surface area (Å²) in [6.45, 7) is 5.83. The molecule has 4 heteroatoms. The standard InChI is InChI=1S/C11H20ClNO2/c1-5-7-10(6-2)13(9(3)15-4)11(14)8-12/h6,9H,5,7-8H2,1-4H3. The lowest BCUT2D eigenvalue weighted by atomic mass is 10.2. The highest BCUT2D eigenvalue weighted by Gasteiger charge is 2.21. The first-order valence-electron chi connectivity index (χ1n) is 5.18. The maximum Gasteiger partial charge on any atom is 0.243 e. The van der Waals surface area contributed by atoms with Crippen LogP contribution in [0.4, 0.5) is 0 Å². The summed E-state index contributed by atoms with van der Waals surface area (Å²) in [5.74, 6) is -0.137. The smallest absolute Gasteiger partial charge is 0.243 e. The highest BCUT2D eigenvalue weighted by molar-refractivity contribution is 6.27. The minimum atomic E-state index is -0.269. The average Bonchev–Trinajstić information content (AvgIpc) is 2.27. The van der Waals surface area contributed by atoms with E-state index in [4.69, 9.17) is 16.3 Å². The van der Waals surface area contributed by atoms with Crippen molar-refractivity contribution in [3.05, 3.63) is 11.8 Å². The van der Waals surface area contributed by atoms with Crippen LogP contribution in [0.15, 0.2) is 11.8 Å². The summed E-state index contributed by atoms with van der Waals surface area (Å²) in [4.78, 5) is 13.3. The fraction of sp³-hybridized carbons (Fsp3) is 0.727. The van der Waals surface area contributed by atoms with Crippen LogP contribution in [0, 0.1) is 0 Å². The third kappa shape index (κ3) is 4.22. The van der Waals surface area contributed by atoms with Crippen LogP contribution in [0.2, 0.25) is 0 Å². The molecule has 0 heterocycles. The van der Waals surface area contributed by atoms with Gasteiger partial charge >= 0.3 is 0 Å². The number of halogens is 1. The molecule has 1 atom stereocenters. The lowest BCUT2D eigenvalue weighted by Gasteiger charge is -2.29. The Labute approximate surface area is 97.0 Å². The van der Waals surface area contributed by atoms with Gasteiger partial charge in [0.05, 0.1) is 0 Å². The Kier molecular flexibility index (Phi) is 7.44. The largest absolute Gasteiger partial charge is 0.361 e. The molecule has 3 nitrogen and oxygen atoms in total. The first kappa shape index (κ1) is 14.5. The Morgan fingerprint density at radius 2 is 2.20 bits per heavy atom. The van der Waals surface area contributed by atoms with Crippen LogP contribution in [-0.4, -0.2) is 30.0 Å². The van der Waals surface area contributed by atoms with Crippen LogP contribution < -0.4 is 0 Å². The summed E-state index contributed by atoms with van der Waals surface area (Å²) in [5, 5.41) is 0. The van der Waals surface area contributed by atoms with Gasteiger partial charge in [-0.25, -0.2) is 0 Å². The van der Waals surface area contributed by atoms with Crippen molar-refractivity contribution in [3.63, 3.8) is 0 Å². The average molecular weight is 234 g/mol. The number of alkyl halides is 1. The second-order valence-corrected chi connectivity index (χ2v) is 3.53. The highest BCUT2D eigenvalue weighted by Crippen LogP contribution is 2.16. The van der Waals surface area contributed by atoms with Crippen LogP contribution in [0.5, 0.6) is 0 Å². The van der Waals surface area contributed by atoms with Gasteiger partial charge in [-0.15, -0.1) is 11.6 Å². The molecule has 88 valence electrons. The van der Waals surface area contributed by atoms with Crippen LogP contribution in [-0.2, 0) is 9.53 Å². The number of ether oxygens (including phenoxy) is 1. The second-order valence-electron chi connectivity index (χ2n) is 3.26. The fourth-order valence-electron chi connectivity index (χ4n) is 1.43. The molecule has 0 aliphatic carbocycles. The first-order valence-corrected chi connectivity index (χ1v) is 5.71. The van der Waals surface area contributed by atoms with Gasteiger partial charge in [0.1, 0.15) is 12.1 Å². The number of methoxy groups -OCH3 is 1. The number of hydrogen-bond acceptors (Lipinski definition) is 2. The maximum absolute atomic E-state index is 11.7. The summed E-state index contributed by atoms with van der Waals surface area (Å²) in [6.07, 6.45) is 3.51. The number of rotatable bonds is 6. The van der Waals surface area contributed by atoms with Crippen molar-refractivity contribution >= 4 is 17.5 Å². The van der Waals surface area contributed by atoms with Crippen molar-refractivity contribution < 1.29 is 9.53 Å². The maximum atomic E-state index is 11.7. The summed E-state index contributed by atoms with van der Waals surface area (Å²) in [5.41, 5.74) is 0.970. The number of amides is 1. The molecule has 15 heavy (non-hydrogen) atoms. The van der Waals surface area contributed by atoms with E-state index >= 15 is 0 Å². The molecule has 0 saturated heterocycles. The fourth-order valence-corrected chi connectivity index (χ4v) is 1.56. The van der Waals surface area contributed by atoms with Crippen LogP contribution in [0.25, 0.3) is 0 Å². The van der Waals surface area contributed by atoms with Crippen molar-refractivity contribution in [2.75, 3.05) is 13.0 Å². The molecule has 0 spiro atoms. The van der Waals surface area contributed by atoms with Gasteiger partial charge in [0, 0.05) is 12.8 Å². The summed E-state index contributed by atoms with van der Waals surface area (Å²) >= 11 is 5.58. The number of carbonyl (C=O) groups is 1. The second kappa shape index (κ2) is 7.71. The monoisotopic (exact) mass is 233 g/mol. The van der Waals surface area contributed by atoms with Gasteiger partial charge in [-0.2, -0.15) is 0 Å². The first-order chi connectivity index (χ1) is 7.12. The summed E-state index contributed by atoms with van der Waals surface area (Å²) in [7, 11) is 1.58. The molecule has 0 radical (unpaired) electrons. The Morgan fingerprint density at radius 1 is 1.60 bits per heavy atom. The quantitative estimate of drug-likeness (QED) is 0.522. The molecule has 0 aromatic carbocycles. The molecule has 0 fully saturated rings. The van der Waals surface area contributed by atoms with Crippen molar-refractivity contribution in [2.24, 2.45) is 0 Å². The summed E-state index contributed by atoms with van der Waals surface area (Å²) < 4.78 is 5.17. The van der Waals surface area contributed by atoms with Crippen molar-refractivity contribution in [1.82, 2.24) is 4.90 Å². The molecule has 0 aromatic rings. The topological polar surface area (TPSA) is 29.5 Å². The molecule has 0 bridgehead atoms. The molecule has 1 amide bonds. The minimum Gasteiger partial charge on any atom is -0.361 e. The van der Waals surface area contributed by atoms with Crippen LogP contribution in [0.3, 0.4) is 0 Å². The molecule has 0 aliphatic heterocycles. The Hall–Kier alpha value is -0.540. The lowest BCUT2D eigenvalue weighted by Crippen LogP contribution is -2.39. The van der Waals surface area contributed by atoms with Crippen LogP contribution in [0.1, 0.15) is 33.6 Å². The van der Waals surface area contributed by atoms with E-state index in [0.717, 1.165) is 18.5 Å². The predicted octanol–water partition coefficient (Wildman–Crippen LogP) is 2.75. The highest BCUT2D eigenvalue weighted by atomic mass is 35.5. The molecular formula is C11H20ClNO2. The molecule has 0 N–H and O–H groups in total. The van der Waals surface area contributed by atoms with Gasteiger partial charge in [-0.05, 0) is 20.3 Å². The van der Waals surface area contributed by atoms with Gasteiger partial charge in [0.2, 0.25) is 5.91 Å². The van der Waals surface area contributed by atoms with Gasteiger partial charge in [0.25, 0.3) is 0 Å².